The molecule has 1 aliphatic heterocycles. The van der Waals surface area contributed by atoms with E-state index in [1.54, 1.807) is 6.20 Å². The van der Waals surface area contributed by atoms with Gasteiger partial charge in [-0.1, -0.05) is 48.5 Å². The van der Waals surface area contributed by atoms with Gasteiger partial charge >= 0.3 is 0 Å². The van der Waals surface area contributed by atoms with Crippen molar-refractivity contribution < 1.29 is 4.79 Å². The third-order valence-corrected chi connectivity index (χ3v) is 5.43. The number of carbonyl (C=O) groups is 1. The summed E-state index contributed by atoms with van der Waals surface area (Å²) in [6.07, 6.45) is 1.55. The predicted molar refractivity (Wildman–Crippen MR) is 116 cm³/mol. The zero-order valence-electron chi connectivity index (χ0n) is 16.7. The third-order valence-electron chi connectivity index (χ3n) is 5.43. The van der Waals surface area contributed by atoms with Gasteiger partial charge in [0.25, 0.3) is 5.91 Å². The number of benzene rings is 2. The van der Waals surface area contributed by atoms with Crippen LogP contribution < -0.4 is 10.6 Å². The maximum Gasteiger partial charge on any atom is 0.258 e. The summed E-state index contributed by atoms with van der Waals surface area (Å²) in [7, 11) is 0. The molecular formula is C23H25N5O. The molecule has 1 saturated heterocycles. The number of nitrogens with two attached hydrogens (primary N) is 1. The van der Waals surface area contributed by atoms with Crippen molar-refractivity contribution in [3.05, 3.63) is 71.9 Å². The minimum Gasteiger partial charge on any atom is -0.368 e. The fourth-order valence-electron chi connectivity index (χ4n) is 3.92. The van der Waals surface area contributed by atoms with Gasteiger partial charge in [-0.05, 0) is 25.5 Å². The molecule has 148 valence electrons. The van der Waals surface area contributed by atoms with Crippen LogP contribution in [0.3, 0.4) is 0 Å². The fourth-order valence-corrected chi connectivity index (χ4v) is 3.92. The molecule has 6 nitrogen and oxygen atoms in total. The van der Waals surface area contributed by atoms with Gasteiger partial charge in [0.2, 0.25) is 5.95 Å². The Morgan fingerprint density at radius 3 is 2.52 bits per heavy atom. The molecule has 1 atom stereocenters. The van der Waals surface area contributed by atoms with E-state index in [9.17, 15) is 4.79 Å². The second-order valence-electron chi connectivity index (χ2n) is 7.44. The van der Waals surface area contributed by atoms with Crippen LogP contribution in [0.15, 0.2) is 60.8 Å². The minimum absolute atomic E-state index is 0.0548. The second-order valence-corrected chi connectivity index (χ2v) is 7.44. The Bertz CT molecular complexity index is 1020. The highest BCUT2D eigenvalue weighted by Crippen LogP contribution is 2.26. The monoisotopic (exact) mass is 387 g/mol. The summed E-state index contributed by atoms with van der Waals surface area (Å²) < 4.78 is 0. The van der Waals surface area contributed by atoms with Gasteiger partial charge in [0.05, 0.1) is 11.3 Å². The Balaban J connectivity index is 1.59. The van der Waals surface area contributed by atoms with Gasteiger partial charge in [-0.2, -0.15) is 0 Å². The molecule has 4 rings (SSSR count). The third kappa shape index (κ3) is 3.78. The van der Waals surface area contributed by atoms with Crippen LogP contribution in [0.1, 0.15) is 22.8 Å². The van der Waals surface area contributed by atoms with Gasteiger partial charge in [0.15, 0.2) is 0 Å². The van der Waals surface area contributed by atoms with Crippen molar-refractivity contribution in [2.75, 3.05) is 30.3 Å². The number of piperazine rings is 1. The quantitative estimate of drug-likeness (QED) is 0.746. The highest BCUT2D eigenvalue weighted by atomic mass is 16.2. The first-order valence-electron chi connectivity index (χ1n) is 9.84. The Kier molecular flexibility index (Phi) is 5.16. The standard InChI is InChI=1S/C23H25N5O/c1-16-8-6-7-11-20(16)27-12-13-28(17(2)15-27)22(29)19-14-25-23(24)26-21(19)18-9-4-3-5-10-18/h3-11,14,17H,12-13,15H2,1-2H3,(H2,24,25,26)/t17-/m0/s1. The Morgan fingerprint density at radius 1 is 1.07 bits per heavy atom. The van der Waals surface area contributed by atoms with Crippen LogP contribution in [-0.4, -0.2) is 46.5 Å². The lowest BCUT2D eigenvalue weighted by molar-refractivity contribution is 0.0674. The largest absolute Gasteiger partial charge is 0.368 e. The van der Waals surface area contributed by atoms with Crippen molar-refractivity contribution in [2.24, 2.45) is 0 Å². The average molecular weight is 387 g/mol. The van der Waals surface area contributed by atoms with E-state index >= 15 is 0 Å². The molecule has 0 saturated carbocycles. The molecule has 1 aromatic heterocycles. The molecule has 0 radical (unpaired) electrons. The number of aromatic nitrogens is 2. The highest BCUT2D eigenvalue weighted by Gasteiger charge is 2.30. The topological polar surface area (TPSA) is 75.3 Å². The second kappa shape index (κ2) is 7.91. The molecule has 0 spiro atoms. The van der Waals surface area contributed by atoms with Crippen molar-refractivity contribution >= 4 is 17.5 Å². The molecule has 1 amide bonds. The summed E-state index contributed by atoms with van der Waals surface area (Å²) in [5.41, 5.74) is 10.2. The summed E-state index contributed by atoms with van der Waals surface area (Å²) in [5, 5.41) is 0. The molecule has 2 aromatic carbocycles. The van der Waals surface area contributed by atoms with E-state index in [4.69, 9.17) is 5.73 Å². The van der Waals surface area contributed by atoms with E-state index < -0.39 is 0 Å². The van der Waals surface area contributed by atoms with Crippen LogP contribution in [0.5, 0.6) is 0 Å². The SMILES string of the molecule is Cc1ccccc1N1CCN(C(=O)c2cnc(N)nc2-c2ccccc2)[C@@H](C)C1. The molecule has 0 aliphatic carbocycles. The smallest absolute Gasteiger partial charge is 0.258 e. The van der Waals surface area contributed by atoms with E-state index in [0.717, 1.165) is 18.7 Å². The fraction of sp³-hybridized carbons (Fsp3) is 0.261. The Labute approximate surface area is 171 Å². The molecular weight excluding hydrogens is 362 g/mol. The number of aryl methyl sites for hydroxylation is 1. The van der Waals surface area contributed by atoms with Crippen LogP contribution in [0.25, 0.3) is 11.3 Å². The number of para-hydroxylation sites is 1. The minimum atomic E-state index is -0.0548. The number of nitrogen functional groups attached to an aromatic ring is 1. The van der Waals surface area contributed by atoms with Crippen LogP contribution in [0.2, 0.25) is 0 Å². The number of carbonyl (C=O) groups excluding carboxylic acids is 1. The van der Waals surface area contributed by atoms with Crippen molar-refractivity contribution in [3.63, 3.8) is 0 Å². The normalized spacial score (nSPS) is 16.7. The molecule has 1 aliphatic rings. The van der Waals surface area contributed by atoms with E-state index in [1.807, 2.05) is 41.3 Å². The zero-order chi connectivity index (χ0) is 20.4. The molecule has 2 N–H and O–H groups in total. The number of hydrogen-bond acceptors (Lipinski definition) is 5. The number of rotatable bonds is 3. The van der Waals surface area contributed by atoms with Gasteiger partial charge in [-0.25, -0.2) is 9.97 Å². The number of hydrogen-bond donors (Lipinski definition) is 1. The molecule has 3 aromatic rings. The van der Waals surface area contributed by atoms with Crippen LogP contribution in [-0.2, 0) is 0 Å². The summed E-state index contributed by atoms with van der Waals surface area (Å²) in [4.78, 5) is 26.1. The Hall–Kier alpha value is -3.41. The molecule has 0 unspecified atom stereocenters. The maximum absolute atomic E-state index is 13.4. The first-order chi connectivity index (χ1) is 14.0. The lowest BCUT2D eigenvalue weighted by atomic mass is 10.0. The predicted octanol–water partition coefficient (Wildman–Crippen LogP) is 3.39. The number of amides is 1. The maximum atomic E-state index is 13.4. The zero-order valence-corrected chi connectivity index (χ0v) is 16.7. The lowest BCUT2D eigenvalue weighted by Gasteiger charge is -2.41. The average Bonchev–Trinajstić information content (AvgIpc) is 2.74. The molecule has 2 heterocycles. The van der Waals surface area contributed by atoms with Gasteiger partial charge < -0.3 is 15.5 Å². The molecule has 1 fully saturated rings. The van der Waals surface area contributed by atoms with E-state index in [0.29, 0.717) is 17.8 Å². The van der Waals surface area contributed by atoms with E-state index in [1.165, 1.54) is 11.3 Å². The summed E-state index contributed by atoms with van der Waals surface area (Å²) in [5.74, 6) is 0.110. The molecule has 29 heavy (non-hydrogen) atoms. The number of nitrogens with zero attached hydrogens (tertiary/aromatic N) is 4. The van der Waals surface area contributed by atoms with Crippen LogP contribution in [0.4, 0.5) is 11.6 Å². The van der Waals surface area contributed by atoms with Gasteiger partial charge in [-0.3, -0.25) is 4.79 Å². The molecule has 6 heteroatoms. The van der Waals surface area contributed by atoms with Crippen molar-refractivity contribution in [3.8, 4) is 11.3 Å². The van der Waals surface area contributed by atoms with Gasteiger partial charge in [0.1, 0.15) is 0 Å². The van der Waals surface area contributed by atoms with E-state index in [2.05, 4.69) is 46.9 Å². The van der Waals surface area contributed by atoms with Gasteiger partial charge in [-0.15, -0.1) is 0 Å². The summed E-state index contributed by atoms with van der Waals surface area (Å²) >= 11 is 0. The molecule has 0 bridgehead atoms. The summed E-state index contributed by atoms with van der Waals surface area (Å²) in [6, 6.07) is 18.1. The van der Waals surface area contributed by atoms with Crippen LogP contribution in [0, 0.1) is 6.92 Å². The van der Waals surface area contributed by atoms with Crippen molar-refractivity contribution in [1.82, 2.24) is 14.9 Å². The first-order valence-corrected chi connectivity index (χ1v) is 9.84. The van der Waals surface area contributed by atoms with Crippen molar-refractivity contribution in [1.29, 1.82) is 0 Å². The van der Waals surface area contributed by atoms with Crippen molar-refractivity contribution in [2.45, 2.75) is 19.9 Å². The van der Waals surface area contributed by atoms with E-state index in [-0.39, 0.29) is 17.9 Å². The Morgan fingerprint density at radius 2 is 1.79 bits per heavy atom. The highest BCUT2D eigenvalue weighted by molar-refractivity contribution is 6.00. The lowest BCUT2D eigenvalue weighted by Crippen LogP contribution is -2.54. The number of anilines is 2. The summed E-state index contributed by atoms with van der Waals surface area (Å²) in [6.45, 7) is 6.43. The first kappa shape index (κ1) is 18.9. The van der Waals surface area contributed by atoms with Gasteiger partial charge in [0, 0.05) is 43.1 Å². The van der Waals surface area contributed by atoms with Crippen LogP contribution >= 0.6 is 0 Å².